The maximum atomic E-state index is 5.70. The van der Waals surface area contributed by atoms with Gasteiger partial charge in [0.05, 0.1) is 12.8 Å². The third kappa shape index (κ3) is 4.08. The van der Waals surface area contributed by atoms with E-state index in [1.807, 2.05) is 6.26 Å². The van der Waals surface area contributed by atoms with Crippen molar-refractivity contribution in [1.82, 2.24) is 10.2 Å². The van der Waals surface area contributed by atoms with E-state index < -0.39 is 0 Å². The summed E-state index contributed by atoms with van der Waals surface area (Å²) in [5, 5.41) is 3.42. The highest BCUT2D eigenvalue weighted by Gasteiger charge is 2.25. The number of nitrogens with one attached hydrogen (secondary N) is 1. The van der Waals surface area contributed by atoms with Crippen molar-refractivity contribution in [2.45, 2.75) is 65.7 Å². The number of nitrogens with zero attached hydrogens (tertiary/aromatic N) is 1. The summed E-state index contributed by atoms with van der Waals surface area (Å²) < 4.78 is 5.70. The Kier molecular flexibility index (Phi) is 5.06. The molecule has 2 rings (SSSR count). The molecule has 0 amide bonds. The van der Waals surface area contributed by atoms with Gasteiger partial charge in [-0.2, -0.15) is 0 Å². The van der Waals surface area contributed by atoms with E-state index in [2.05, 4.69) is 44.0 Å². The fourth-order valence-corrected chi connectivity index (χ4v) is 2.77. The number of rotatable bonds is 5. The Hall–Kier alpha value is -0.800. The van der Waals surface area contributed by atoms with Crippen molar-refractivity contribution in [1.29, 1.82) is 0 Å². The Morgan fingerprint density at radius 3 is 2.95 bits per heavy atom. The second-order valence-electron chi connectivity index (χ2n) is 6.29. The average Bonchev–Trinajstić information content (AvgIpc) is 2.80. The number of hydrogen-bond acceptors (Lipinski definition) is 3. The van der Waals surface area contributed by atoms with Crippen molar-refractivity contribution in [3.63, 3.8) is 0 Å². The summed E-state index contributed by atoms with van der Waals surface area (Å²) in [5.74, 6) is 1.90. The molecule has 0 bridgehead atoms. The molecule has 1 saturated heterocycles. The molecule has 2 heterocycles. The van der Waals surface area contributed by atoms with E-state index in [9.17, 15) is 0 Å². The van der Waals surface area contributed by atoms with Crippen LogP contribution in [0.15, 0.2) is 16.7 Å². The van der Waals surface area contributed by atoms with E-state index >= 15 is 0 Å². The lowest BCUT2D eigenvalue weighted by atomic mass is 9.92. The second kappa shape index (κ2) is 6.58. The first kappa shape index (κ1) is 14.6. The topological polar surface area (TPSA) is 28.4 Å². The molecule has 0 radical (unpaired) electrons. The summed E-state index contributed by atoms with van der Waals surface area (Å²) in [7, 11) is 0. The molecular formula is C16H28N2O. The van der Waals surface area contributed by atoms with Crippen LogP contribution in [-0.2, 0) is 13.1 Å². The molecular weight excluding hydrogens is 236 g/mol. The lowest BCUT2D eigenvalue weighted by molar-refractivity contribution is 0.0987. The van der Waals surface area contributed by atoms with Gasteiger partial charge in [0.1, 0.15) is 5.76 Å². The van der Waals surface area contributed by atoms with Crippen LogP contribution in [0.3, 0.4) is 0 Å². The first-order valence-electron chi connectivity index (χ1n) is 7.60. The van der Waals surface area contributed by atoms with Crippen LogP contribution in [0.1, 0.15) is 51.9 Å². The van der Waals surface area contributed by atoms with E-state index in [1.54, 1.807) is 0 Å². The van der Waals surface area contributed by atoms with Crippen LogP contribution in [0.25, 0.3) is 0 Å². The largest absolute Gasteiger partial charge is 0.468 e. The molecule has 1 aliphatic heterocycles. The Morgan fingerprint density at radius 1 is 1.42 bits per heavy atom. The molecule has 0 aliphatic carbocycles. The minimum atomic E-state index is 0.515. The van der Waals surface area contributed by atoms with Crippen LogP contribution < -0.4 is 5.32 Å². The highest BCUT2D eigenvalue weighted by molar-refractivity contribution is 5.13. The molecule has 0 spiro atoms. The van der Waals surface area contributed by atoms with Crippen LogP contribution in [0.2, 0.25) is 0 Å². The van der Waals surface area contributed by atoms with Gasteiger partial charge in [-0.15, -0.1) is 0 Å². The van der Waals surface area contributed by atoms with Gasteiger partial charge in [-0.05, 0) is 38.3 Å². The summed E-state index contributed by atoms with van der Waals surface area (Å²) in [6.45, 7) is 12.1. The maximum Gasteiger partial charge on any atom is 0.118 e. The normalized spacial score (nSPS) is 25.1. The summed E-state index contributed by atoms with van der Waals surface area (Å²) in [6.07, 6.45) is 4.57. The van der Waals surface area contributed by atoms with Crippen LogP contribution >= 0.6 is 0 Å². The minimum Gasteiger partial charge on any atom is -0.468 e. The van der Waals surface area contributed by atoms with Crippen LogP contribution in [-0.4, -0.2) is 23.5 Å². The predicted molar refractivity (Wildman–Crippen MR) is 79.0 cm³/mol. The first-order chi connectivity index (χ1) is 9.06. The molecule has 2 atom stereocenters. The van der Waals surface area contributed by atoms with Crippen LogP contribution in [0.5, 0.6) is 0 Å². The molecule has 108 valence electrons. The quantitative estimate of drug-likeness (QED) is 0.883. The zero-order valence-corrected chi connectivity index (χ0v) is 12.8. The molecule has 3 nitrogen and oxygen atoms in total. The Balaban J connectivity index is 1.88. The SMILES string of the molecule is CC(C)NCc1coc(CN2CCCC(C)C2C)c1. The molecule has 1 N–H and O–H groups in total. The van der Waals surface area contributed by atoms with Gasteiger partial charge >= 0.3 is 0 Å². The van der Waals surface area contributed by atoms with Crippen molar-refractivity contribution >= 4 is 0 Å². The number of likely N-dealkylation sites (tertiary alicyclic amines) is 1. The summed E-state index contributed by atoms with van der Waals surface area (Å²) in [4.78, 5) is 2.55. The van der Waals surface area contributed by atoms with Gasteiger partial charge in [0.2, 0.25) is 0 Å². The van der Waals surface area contributed by atoms with Crippen molar-refractivity contribution in [2.24, 2.45) is 5.92 Å². The average molecular weight is 264 g/mol. The standard InChI is InChI=1S/C16H28N2O/c1-12(2)17-9-15-8-16(19-11-15)10-18-7-5-6-13(3)14(18)4/h8,11-14,17H,5-7,9-10H2,1-4H3. The first-order valence-corrected chi connectivity index (χ1v) is 7.60. The summed E-state index contributed by atoms with van der Waals surface area (Å²) >= 11 is 0. The van der Waals surface area contributed by atoms with Gasteiger partial charge in [-0.1, -0.05) is 20.8 Å². The highest BCUT2D eigenvalue weighted by atomic mass is 16.3. The smallest absolute Gasteiger partial charge is 0.118 e. The van der Waals surface area contributed by atoms with Gasteiger partial charge < -0.3 is 9.73 Å². The van der Waals surface area contributed by atoms with E-state index in [1.165, 1.54) is 24.9 Å². The van der Waals surface area contributed by atoms with Crippen LogP contribution in [0.4, 0.5) is 0 Å². The van der Waals surface area contributed by atoms with Crippen molar-refractivity contribution in [3.05, 3.63) is 23.7 Å². The van der Waals surface area contributed by atoms with Gasteiger partial charge in [0.25, 0.3) is 0 Å². The summed E-state index contributed by atoms with van der Waals surface area (Å²) in [5.41, 5.74) is 1.25. The molecule has 3 heteroatoms. The Labute approximate surface area is 117 Å². The molecule has 0 aromatic carbocycles. The third-order valence-electron chi connectivity index (χ3n) is 4.29. The molecule has 2 unspecified atom stereocenters. The van der Waals surface area contributed by atoms with E-state index in [0.29, 0.717) is 12.1 Å². The summed E-state index contributed by atoms with van der Waals surface area (Å²) in [6, 6.07) is 3.37. The van der Waals surface area contributed by atoms with E-state index in [-0.39, 0.29) is 0 Å². The monoisotopic (exact) mass is 264 g/mol. The zero-order chi connectivity index (χ0) is 13.8. The van der Waals surface area contributed by atoms with E-state index in [4.69, 9.17) is 4.42 Å². The Bertz CT molecular complexity index is 386. The highest BCUT2D eigenvalue weighted by Crippen LogP contribution is 2.24. The van der Waals surface area contributed by atoms with E-state index in [0.717, 1.165) is 24.8 Å². The van der Waals surface area contributed by atoms with Gasteiger partial charge in [0, 0.05) is 24.2 Å². The molecule has 19 heavy (non-hydrogen) atoms. The molecule has 1 aromatic rings. The number of piperidine rings is 1. The van der Waals surface area contributed by atoms with Crippen molar-refractivity contribution in [3.8, 4) is 0 Å². The Morgan fingerprint density at radius 2 is 2.21 bits per heavy atom. The fraction of sp³-hybridized carbons (Fsp3) is 0.750. The van der Waals surface area contributed by atoms with Crippen LogP contribution in [0, 0.1) is 5.92 Å². The van der Waals surface area contributed by atoms with Gasteiger partial charge in [-0.25, -0.2) is 0 Å². The lowest BCUT2D eigenvalue weighted by Crippen LogP contribution is -2.41. The van der Waals surface area contributed by atoms with Crippen molar-refractivity contribution in [2.75, 3.05) is 6.54 Å². The molecule has 1 aromatic heterocycles. The van der Waals surface area contributed by atoms with Crippen molar-refractivity contribution < 1.29 is 4.42 Å². The third-order valence-corrected chi connectivity index (χ3v) is 4.29. The number of furan rings is 1. The number of hydrogen-bond donors (Lipinski definition) is 1. The minimum absolute atomic E-state index is 0.515. The molecule has 1 fully saturated rings. The molecule has 1 aliphatic rings. The molecule has 0 saturated carbocycles. The maximum absolute atomic E-state index is 5.70. The fourth-order valence-electron chi connectivity index (χ4n) is 2.77. The predicted octanol–water partition coefficient (Wildman–Crippen LogP) is 3.40. The zero-order valence-electron chi connectivity index (χ0n) is 12.8. The van der Waals surface area contributed by atoms with Gasteiger partial charge in [0.15, 0.2) is 0 Å². The second-order valence-corrected chi connectivity index (χ2v) is 6.29. The van der Waals surface area contributed by atoms with Gasteiger partial charge in [-0.3, -0.25) is 4.90 Å². The lowest BCUT2D eigenvalue weighted by Gasteiger charge is -2.37.